The molecule has 1 aliphatic rings. The average molecular weight is 262 g/mol. The van der Waals surface area contributed by atoms with Gasteiger partial charge in [-0.05, 0) is 38.0 Å². The lowest BCUT2D eigenvalue weighted by Gasteiger charge is -2.41. The minimum absolute atomic E-state index is 0.265. The summed E-state index contributed by atoms with van der Waals surface area (Å²) in [5, 5.41) is 3.61. The number of hydrogen-bond acceptors (Lipinski definition) is 3. The number of piperazine rings is 1. The molecule has 1 N–H and O–H groups in total. The van der Waals surface area contributed by atoms with Crippen molar-refractivity contribution in [3.8, 4) is 5.75 Å². The molecule has 1 aromatic rings. The van der Waals surface area contributed by atoms with Crippen LogP contribution in [0, 0.1) is 6.92 Å². The van der Waals surface area contributed by atoms with Crippen molar-refractivity contribution in [1.82, 2.24) is 10.2 Å². The molecule has 0 aliphatic carbocycles. The highest BCUT2D eigenvalue weighted by molar-refractivity contribution is 5.27. The van der Waals surface area contributed by atoms with Crippen LogP contribution in [-0.4, -0.2) is 43.2 Å². The molecule has 1 unspecified atom stereocenters. The molecule has 0 amide bonds. The predicted molar refractivity (Wildman–Crippen MR) is 79.8 cm³/mol. The van der Waals surface area contributed by atoms with E-state index in [1.54, 1.807) is 0 Å². The maximum absolute atomic E-state index is 5.83. The van der Waals surface area contributed by atoms with Crippen molar-refractivity contribution in [2.75, 3.05) is 32.8 Å². The molecule has 106 valence electrons. The zero-order valence-electron chi connectivity index (χ0n) is 12.4. The highest BCUT2D eigenvalue weighted by atomic mass is 16.5. The van der Waals surface area contributed by atoms with E-state index < -0.39 is 0 Å². The second-order valence-corrected chi connectivity index (χ2v) is 5.78. The van der Waals surface area contributed by atoms with Gasteiger partial charge in [-0.1, -0.05) is 19.1 Å². The van der Waals surface area contributed by atoms with Gasteiger partial charge in [0.1, 0.15) is 12.4 Å². The number of aryl methyl sites for hydroxylation is 1. The first-order valence-corrected chi connectivity index (χ1v) is 7.28. The Balaban J connectivity index is 1.76. The summed E-state index contributed by atoms with van der Waals surface area (Å²) in [4.78, 5) is 2.50. The maximum Gasteiger partial charge on any atom is 0.119 e. The lowest BCUT2D eigenvalue weighted by molar-refractivity contribution is 0.121. The molecule has 0 saturated carbocycles. The molecule has 1 fully saturated rings. The maximum atomic E-state index is 5.83. The summed E-state index contributed by atoms with van der Waals surface area (Å²) >= 11 is 0. The zero-order chi connectivity index (χ0) is 13.7. The fourth-order valence-corrected chi connectivity index (χ4v) is 2.57. The van der Waals surface area contributed by atoms with Crippen molar-refractivity contribution in [2.45, 2.75) is 32.7 Å². The van der Waals surface area contributed by atoms with Crippen molar-refractivity contribution in [2.24, 2.45) is 0 Å². The van der Waals surface area contributed by atoms with E-state index in [-0.39, 0.29) is 5.54 Å². The number of rotatable bonds is 5. The second-order valence-electron chi connectivity index (χ2n) is 5.78. The SMILES string of the molecule is CCC1(C)CN(CCOc2cccc(C)c2)CCN1. The summed E-state index contributed by atoms with van der Waals surface area (Å²) in [6.07, 6.45) is 1.17. The van der Waals surface area contributed by atoms with Crippen molar-refractivity contribution in [3.05, 3.63) is 29.8 Å². The number of nitrogens with one attached hydrogen (secondary N) is 1. The first kappa shape index (κ1) is 14.4. The molecule has 1 atom stereocenters. The van der Waals surface area contributed by atoms with Crippen LogP contribution in [0.5, 0.6) is 5.75 Å². The fraction of sp³-hybridized carbons (Fsp3) is 0.625. The van der Waals surface area contributed by atoms with Crippen molar-refractivity contribution in [3.63, 3.8) is 0 Å². The Kier molecular flexibility index (Phi) is 4.83. The molecule has 1 aromatic carbocycles. The predicted octanol–water partition coefficient (Wildman–Crippen LogP) is 2.45. The van der Waals surface area contributed by atoms with Gasteiger partial charge in [-0.25, -0.2) is 0 Å². The van der Waals surface area contributed by atoms with E-state index in [0.717, 1.165) is 38.5 Å². The van der Waals surface area contributed by atoms with Gasteiger partial charge in [0.2, 0.25) is 0 Å². The summed E-state index contributed by atoms with van der Waals surface area (Å²) in [5.74, 6) is 0.980. The van der Waals surface area contributed by atoms with Crippen molar-refractivity contribution < 1.29 is 4.74 Å². The Morgan fingerprint density at radius 2 is 2.26 bits per heavy atom. The van der Waals surface area contributed by atoms with Crippen molar-refractivity contribution in [1.29, 1.82) is 0 Å². The molecule has 2 rings (SSSR count). The third kappa shape index (κ3) is 4.22. The van der Waals surface area contributed by atoms with E-state index in [9.17, 15) is 0 Å². The average Bonchev–Trinajstić information content (AvgIpc) is 2.39. The lowest BCUT2D eigenvalue weighted by atomic mass is 9.96. The van der Waals surface area contributed by atoms with Gasteiger partial charge in [-0.3, -0.25) is 4.90 Å². The molecule has 0 spiro atoms. The molecule has 19 heavy (non-hydrogen) atoms. The highest BCUT2D eigenvalue weighted by Crippen LogP contribution is 2.15. The van der Waals surface area contributed by atoms with Gasteiger partial charge in [0.05, 0.1) is 0 Å². The molecule has 1 heterocycles. The smallest absolute Gasteiger partial charge is 0.119 e. The summed E-state index contributed by atoms with van der Waals surface area (Å²) < 4.78 is 5.83. The van der Waals surface area contributed by atoms with Crippen LogP contribution in [0.25, 0.3) is 0 Å². The van der Waals surface area contributed by atoms with Crippen LogP contribution < -0.4 is 10.1 Å². The molecule has 1 aliphatic heterocycles. The van der Waals surface area contributed by atoms with Gasteiger partial charge in [-0.2, -0.15) is 0 Å². The topological polar surface area (TPSA) is 24.5 Å². The summed E-state index contributed by atoms with van der Waals surface area (Å²) in [5.41, 5.74) is 1.51. The van der Waals surface area contributed by atoms with Gasteiger partial charge in [0.15, 0.2) is 0 Å². The van der Waals surface area contributed by atoms with E-state index in [4.69, 9.17) is 4.74 Å². The Morgan fingerprint density at radius 3 is 3.00 bits per heavy atom. The fourth-order valence-electron chi connectivity index (χ4n) is 2.57. The number of ether oxygens (including phenoxy) is 1. The number of hydrogen-bond donors (Lipinski definition) is 1. The van der Waals surface area contributed by atoms with Gasteiger partial charge in [0.25, 0.3) is 0 Å². The van der Waals surface area contributed by atoms with Gasteiger partial charge in [0, 0.05) is 31.7 Å². The molecule has 3 nitrogen and oxygen atoms in total. The summed E-state index contributed by atoms with van der Waals surface area (Å²) in [6, 6.07) is 8.26. The van der Waals surface area contributed by atoms with Crippen LogP contribution in [-0.2, 0) is 0 Å². The number of benzene rings is 1. The Hall–Kier alpha value is -1.06. The van der Waals surface area contributed by atoms with Crippen LogP contribution in [0.1, 0.15) is 25.8 Å². The van der Waals surface area contributed by atoms with Gasteiger partial charge >= 0.3 is 0 Å². The zero-order valence-corrected chi connectivity index (χ0v) is 12.4. The normalized spacial score (nSPS) is 24.4. The van der Waals surface area contributed by atoms with E-state index in [1.807, 2.05) is 12.1 Å². The summed E-state index contributed by atoms with van der Waals surface area (Å²) in [7, 11) is 0. The van der Waals surface area contributed by atoms with Crippen LogP contribution in [0.2, 0.25) is 0 Å². The Morgan fingerprint density at radius 1 is 1.42 bits per heavy atom. The summed E-state index contributed by atoms with van der Waals surface area (Å²) in [6.45, 7) is 11.7. The van der Waals surface area contributed by atoms with Crippen LogP contribution in [0.3, 0.4) is 0 Å². The first-order chi connectivity index (χ1) is 9.11. The minimum atomic E-state index is 0.265. The minimum Gasteiger partial charge on any atom is -0.492 e. The monoisotopic (exact) mass is 262 g/mol. The Bertz CT molecular complexity index is 407. The van der Waals surface area contributed by atoms with E-state index in [2.05, 4.69) is 43.1 Å². The molecule has 0 bridgehead atoms. The third-order valence-corrected chi connectivity index (χ3v) is 4.00. The molecular formula is C16H26N2O. The van der Waals surface area contributed by atoms with E-state index >= 15 is 0 Å². The second kappa shape index (κ2) is 6.40. The molecule has 0 aromatic heterocycles. The van der Waals surface area contributed by atoms with Crippen molar-refractivity contribution >= 4 is 0 Å². The molecule has 1 saturated heterocycles. The van der Waals surface area contributed by atoms with E-state index in [0.29, 0.717) is 0 Å². The largest absolute Gasteiger partial charge is 0.492 e. The quantitative estimate of drug-likeness (QED) is 0.882. The molecular weight excluding hydrogens is 236 g/mol. The van der Waals surface area contributed by atoms with Crippen LogP contribution >= 0.6 is 0 Å². The first-order valence-electron chi connectivity index (χ1n) is 7.28. The van der Waals surface area contributed by atoms with Crippen LogP contribution in [0.4, 0.5) is 0 Å². The van der Waals surface area contributed by atoms with E-state index in [1.165, 1.54) is 12.0 Å². The van der Waals surface area contributed by atoms with Gasteiger partial charge in [-0.15, -0.1) is 0 Å². The number of nitrogens with zero attached hydrogens (tertiary/aromatic N) is 1. The molecule has 3 heteroatoms. The lowest BCUT2D eigenvalue weighted by Crippen LogP contribution is -2.58. The molecule has 0 radical (unpaired) electrons. The third-order valence-electron chi connectivity index (χ3n) is 4.00. The standard InChI is InChI=1S/C16H26N2O/c1-4-16(3)13-18(9-8-17-16)10-11-19-15-7-5-6-14(2)12-15/h5-7,12,17H,4,8-11,13H2,1-3H3. The Labute approximate surface area is 116 Å². The van der Waals surface area contributed by atoms with Crippen LogP contribution in [0.15, 0.2) is 24.3 Å². The highest BCUT2D eigenvalue weighted by Gasteiger charge is 2.28. The van der Waals surface area contributed by atoms with Gasteiger partial charge < -0.3 is 10.1 Å².